The van der Waals surface area contributed by atoms with Gasteiger partial charge < -0.3 is 9.64 Å². The van der Waals surface area contributed by atoms with Crippen LogP contribution in [0.15, 0.2) is 48.5 Å². The maximum Gasteiger partial charge on any atom is 0.266 e. The summed E-state index contributed by atoms with van der Waals surface area (Å²) < 4.78 is 18.5. The van der Waals surface area contributed by atoms with E-state index in [9.17, 15) is 9.18 Å². The third-order valence-electron chi connectivity index (χ3n) is 4.50. The molecule has 6 nitrogen and oxygen atoms in total. The Morgan fingerprint density at radius 2 is 1.70 bits per heavy atom. The highest BCUT2D eigenvalue weighted by Gasteiger charge is 2.27. The van der Waals surface area contributed by atoms with Crippen LogP contribution in [0.3, 0.4) is 0 Å². The van der Waals surface area contributed by atoms with Gasteiger partial charge in [0.15, 0.2) is 18.2 Å². The number of rotatable bonds is 3. The molecule has 1 amide bonds. The summed E-state index contributed by atoms with van der Waals surface area (Å²) in [5.41, 5.74) is 1.53. The standard InChI is InChI=1S/C20H19FN4O2/c1-24-11-4-12-25(18(26)13-27-15-9-7-14(21)8-10-15)20-19(24)22-16-5-2-3-6-17(16)23-20/h2-3,5-10H,4,11-13H2,1H3. The molecule has 2 heterocycles. The van der Waals surface area contributed by atoms with Crippen LogP contribution < -0.4 is 14.5 Å². The molecule has 0 spiro atoms. The SMILES string of the molecule is CN1CCCN(C(=O)COc2ccc(F)cc2)c2nc3ccccc3nc21. The molecule has 3 aromatic rings. The van der Waals surface area contributed by atoms with E-state index in [1.54, 1.807) is 4.90 Å². The predicted molar refractivity (Wildman–Crippen MR) is 102 cm³/mol. The van der Waals surface area contributed by atoms with E-state index in [1.165, 1.54) is 24.3 Å². The average Bonchev–Trinajstić information content (AvgIpc) is 2.84. The van der Waals surface area contributed by atoms with Gasteiger partial charge in [-0.1, -0.05) is 12.1 Å². The van der Waals surface area contributed by atoms with Gasteiger partial charge in [0.2, 0.25) is 0 Å². The van der Waals surface area contributed by atoms with E-state index >= 15 is 0 Å². The number of anilines is 2. The van der Waals surface area contributed by atoms with Crippen LogP contribution in [0.4, 0.5) is 16.0 Å². The molecule has 0 saturated carbocycles. The van der Waals surface area contributed by atoms with Gasteiger partial charge in [0.05, 0.1) is 11.0 Å². The highest BCUT2D eigenvalue weighted by molar-refractivity contribution is 5.97. The highest BCUT2D eigenvalue weighted by atomic mass is 19.1. The van der Waals surface area contributed by atoms with Crippen molar-refractivity contribution >= 4 is 28.6 Å². The third kappa shape index (κ3) is 3.53. The number of aromatic nitrogens is 2. The molecule has 2 aromatic carbocycles. The first kappa shape index (κ1) is 17.2. The molecule has 0 unspecified atom stereocenters. The number of fused-ring (bicyclic) bond motifs is 2. The van der Waals surface area contributed by atoms with Gasteiger partial charge in [-0.05, 0) is 42.8 Å². The van der Waals surface area contributed by atoms with Gasteiger partial charge in [0, 0.05) is 20.1 Å². The summed E-state index contributed by atoms with van der Waals surface area (Å²) in [5, 5.41) is 0. The lowest BCUT2D eigenvalue weighted by molar-refractivity contribution is -0.120. The summed E-state index contributed by atoms with van der Waals surface area (Å²) in [5.74, 6) is 1.12. The molecule has 0 saturated heterocycles. The third-order valence-corrected chi connectivity index (χ3v) is 4.50. The molecular formula is C20H19FN4O2. The quantitative estimate of drug-likeness (QED) is 0.713. The zero-order valence-corrected chi connectivity index (χ0v) is 14.9. The van der Waals surface area contributed by atoms with Crippen molar-refractivity contribution in [1.82, 2.24) is 9.97 Å². The molecule has 1 aliphatic rings. The van der Waals surface area contributed by atoms with Crippen LogP contribution in [0, 0.1) is 5.82 Å². The maximum absolute atomic E-state index is 13.0. The van der Waals surface area contributed by atoms with Crippen molar-refractivity contribution < 1.29 is 13.9 Å². The lowest BCUT2D eigenvalue weighted by atomic mass is 10.3. The summed E-state index contributed by atoms with van der Waals surface area (Å²) in [4.78, 5) is 25.9. The first-order chi connectivity index (χ1) is 13.1. The number of carbonyl (C=O) groups is 1. The van der Waals surface area contributed by atoms with E-state index in [0.29, 0.717) is 23.9 Å². The molecule has 0 atom stereocenters. The molecular weight excluding hydrogens is 347 g/mol. The van der Waals surface area contributed by atoms with Gasteiger partial charge in [-0.3, -0.25) is 9.69 Å². The van der Waals surface area contributed by atoms with Crippen molar-refractivity contribution in [3.05, 3.63) is 54.3 Å². The van der Waals surface area contributed by atoms with Gasteiger partial charge in [-0.2, -0.15) is 0 Å². The van der Waals surface area contributed by atoms with Crippen molar-refractivity contribution in [1.29, 1.82) is 0 Å². The van der Waals surface area contributed by atoms with Crippen LogP contribution in [0.5, 0.6) is 5.75 Å². The van der Waals surface area contributed by atoms with Gasteiger partial charge >= 0.3 is 0 Å². The molecule has 1 aromatic heterocycles. The number of benzene rings is 2. The van der Waals surface area contributed by atoms with Crippen molar-refractivity contribution in [3.8, 4) is 5.75 Å². The van der Waals surface area contributed by atoms with Crippen LogP contribution in [-0.4, -0.2) is 42.6 Å². The monoisotopic (exact) mass is 366 g/mol. The Hall–Kier alpha value is -3.22. The van der Waals surface area contributed by atoms with E-state index in [1.807, 2.05) is 36.2 Å². The Kier molecular flexibility index (Phi) is 4.58. The van der Waals surface area contributed by atoms with Crippen LogP contribution in [0.2, 0.25) is 0 Å². The molecule has 0 N–H and O–H groups in total. The van der Waals surface area contributed by atoms with E-state index in [4.69, 9.17) is 14.7 Å². The van der Waals surface area contributed by atoms with Crippen molar-refractivity contribution in [2.75, 3.05) is 36.5 Å². The maximum atomic E-state index is 13.0. The number of halogens is 1. The first-order valence-corrected chi connectivity index (χ1v) is 8.78. The number of carbonyl (C=O) groups excluding carboxylic acids is 1. The number of para-hydroxylation sites is 2. The zero-order chi connectivity index (χ0) is 18.8. The summed E-state index contributed by atoms with van der Waals surface area (Å²) >= 11 is 0. The number of ether oxygens (including phenoxy) is 1. The minimum absolute atomic E-state index is 0.150. The topological polar surface area (TPSA) is 58.6 Å². The van der Waals surface area contributed by atoms with Crippen LogP contribution in [-0.2, 0) is 4.79 Å². The van der Waals surface area contributed by atoms with E-state index in [-0.39, 0.29) is 18.3 Å². The second-order valence-corrected chi connectivity index (χ2v) is 6.42. The summed E-state index contributed by atoms with van der Waals surface area (Å²) in [6, 6.07) is 13.2. The lowest BCUT2D eigenvalue weighted by Gasteiger charge is -2.22. The summed E-state index contributed by atoms with van der Waals surface area (Å²) in [6.07, 6.45) is 0.799. The fraction of sp³-hybridized carbons (Fsp3) is 0.250. The van der Waals surface area contributed by atoms with Crippen molar-refractivity contribution in [2.24, 2.45) is 0 Å². The minimum Gasteiger partial charge on any atom is -0.484 e. The molecule has 138 valence electrons. The minimum atomic E-state index is -0.347. The van der Waals surface area contributed by atoms with Crippen LogP contribution in [0.25, 0.3) is 11.0 Å². The fourth-order valence-electron chi connectivity index (χ4n) is 3.09. The molecule has 0 fully saturated rings. The largest absolute Gasteiger partial charge is 0.484 e. The Balaban J connectivity index is 1.62. The number of nitrogens with zero attached hydrogens (tertiary/aromatic N) is 4. The van der Waals surface area contributed by atoms with E-state index in [0.717, 1.165) is 24.0 Å². The highest BCUT2D eigenvalue weighted by Crippen LogP contribution is 2.30. The zero-order valence-electron chi connectivity index (χ0n) is 14.9. The Morgan fingerprint density at radius 1 is 1.04 bits per heavy atom. The normalized spacial score (nSPS) is 14.0. The smallest absolute Gasteiger partial charge is 0.266 e. The number of amides is 1. The average molecular weight is 366 g/mol. The van der Waals surface area contributed by atoms with Crippen LogP contribution in [0.1, 0.15) is 6.42 Å². The number of hydrogen-bond donors (Lipinski definition) is 0. The van der Waals surface area contributed by atoms with Gasteiger partial charge in [-0.25, -0.2) is 14.4 Å². The van der Waals surface area contributed by atoms with E-state index < -0.39 is 0 Å². The molecule has 4 rings (SSSR count). The van der Waals surface area contributed by atoms with Gasteiger partial charge in [0.25, 0.3) is 5.91 Å². The fourth-order valence-corrected chi connectivity index (χ4v) is 3.09. The van der Waals surface area contributed by atoms with Crippen LogP contribution >= 0.6 is 0 Å². The first-order valence-electron chi connectivity index (χ1n) is 8.78. The predicted octanol–water partition coefficient (Wildman–Crippen LogP) is 3.02. The molecule has 1 aliphatic heterocycles. The molecule has 0 radical (unpaired) electrons. The molecule has 27 heavy (non-hydrogen) atoms. The number of hydrogen-bond acceptors (Lipinski definition) is 5. The van der Waals surface area contributed by atoms with Gasteiger partial charge in [-0.15, -0.1) is 0 Å². The Bertz CT molecular complexity index is 977. The second-order valence-electron chi connectivity index (χ2n) is 6.42. The Labute approximate surface area is 156 Å². The molecule has 7 heteroatoms. The van der Waals surface area contributed by atoms with Crippen molar-refractivity contribution in [2.45, 2.75) is 6.42 Å². The summed E-state index contributed by atoms with van der Waals surface area (Å²) in [7, 11) is 1.95. The molecule has 0 aliphatic carbocycles. The van der Waals surface area contributed by atoms with Crippen molar-refractivity contribution in [3.63, 3.8) is 0 Å². The molecule has 0 bridgehead atoms. The lowest BCUT2D eigenvalue weighted by Crippen LogP contribution is -2.36. The Morgan fingerprint density at radius 3 is 2.41 bits per heavy atom. The van der Waals surface area contributed by atoms with Gasteiger partial charge in [0.1, 0.15) is 11.6 Å². The van der Waals surface area contributed by atoms with E-state index in [2.05, 4.69) is 0 Å². The second kappa shape index (κ2) is 7.19. The summed E-state index contributed by atoms with van der Waals surface area (Å²) in [6.45, 7) is 1.17.